The highest BCUT2D eigenvalue weighted by Gasteiger charge is 2.12. The average Bonchev–Trinajstić information content (AvgIpc) is 3.08. The molecule has 0 radical (unpaired) electrons. The third-order valence-electron chi connectivity index (χ3n) is 9.20. The second-order valence-electron chi connectivity index (χ2n) is 13.5. The Hall–Kier alpha value is -1.72. The fourth-order valence-corrected chi connectivity index (χ4v) is 6.27. The molecule has 262 valence electrons. The Kier molecular flexibility index (Phi) is 24.9. The average molecular weight is 637 g/mol. The minimum absolute atomic E-state index is 0.635. The summed E-state index contributed by atoms with van der Waals surface area (Å²) in [6.07, 6.45) is 23.7. The van der Waals surface area contributed by atoms with Crippen LogP contribution in [0.25, 0.3) is 11.1 Å². The number of benzene rings is 2. The summed E-state index contributed by atoms with van der Waals surface area (Å²) < 4.78 is 12.9. The summed E-state index contributed by atoms with van der Waals surface area (Å²) in [6, 6.07) is 17.6. The predicted molar refractivity (Wildman–Crippen MR) is 200 cm³/mol. The van der Waals surface area contributed by atoms with Gasteiger partial charge in [0.25, 0.3) is 0 Å². The minimum Gasteiger partial charge on any atom is -0.361 e. The van der Waals surface area contributed by atoms with Gasteiger partial charge in [-0.2, -0.15) is 0 Å². The zero-order chi connectivity index (χ0) is 32.9. The third kappa shape index (κ3) is 18.6. The Balaban J connectivity index is 1.95. The first-order chi connectivity index (χ1) is 22.7. The number of nitrogens with zero attached hydrogens (tertiary/aromatic N) is 2. The first kappa shape index (κ1) is 40.5. The topological polar surface area (TPSA) is 24.9 Å². The molecule has 0 atom stereocenters. The van der Waals surface area contributed by atoms with Crippen molar-refractivity contribution < 1.29 is 9.47 Å². The fourth-order valence-electron chi connectivity index (χ4n) is 6.27. The summed E-state index contributed by atoms with van der Waals surface area (Å²) in [5, 5.41) is 0. The van der Waals surface area contributed by atoms with Crippen molar-refractivity contribution in [1.82, 2.24) is 9.80 Å². The van der Waals surface area contributed by atoms with Crippen molar-refractivity contribution in [3.63, 3.8) is 0 Å². The molecule has 0 aliphatic carbocycles. The van der Waals surface area contributed by atoms with Crippen LogP contribution in [-0.4, -0.2) is 49.4 Å². The number of hydrogen-bond acceptors (Lipinski definition) is 4. The standard InChI is InChI=1S/C42H72N2O2/c1-5-9-13-15-17-25-33-43(31-23-11-7-3)37-45-35-39-27-19-21-29-41(39)42-30-22-20-28-40(42)36-46-38-44(32-24-12-8-4)34-26-18-16-14-10-6-2/h19-22,27-30H,5-18,23-26,31-38H2,1-4H3. The lowest BCUT2D eigenvalue weighted by Crippen LogP contribution is -2.29. The van der Waals surface area contributed by atoms with Crippen molar-refractivity contribution in [2.24, 2.45) is 0 Å². The summed E-state index contributed by atoms with van der Waals surface area (Å²) in [7, 11) is 0. The van der Waals surface area contributed by atoms with E-state index >= 15 is 0 Å². The number of hydrogen-bond donors (Lipinski definition) is 0. The molecule has 0 bridgehead atoms. The van der Waals surface area contributed by atoms with Crippen molar-refractivity contribution >= 4 is 0 Å². The van der Waals surface area contributed by atoms with E-state index in [1.165, 1.54) is 138 Å². The normalized spacial score (nSPS) is 11.7. The molecule has 0 aliphatic heterocycles. The molecule has 0 aliphatic rings. The largest absolute Gasteiger partial charge is 0.361 e. The Morgan fingerprint density at radius 1 is 0.391 bits per heavy atom. The van der Waals surface area contributed by atoms with Gasteiger partial charge in [0.05, 0.1) is 26.7 Å². The molecule has 4 nitrogen and oxygen atoms in total. The molecule has 0 amide bonds. The molecule has 0 saturated carbocycles. The van der Waals surface area contributed by atoms with Gasteiger partial charge in [-0.1, -0.05) is 166 Å². The smallest absolute Gasteiger partial charge is 0.0994 e. The van der Waals surface area contributed by atoms with E-state index in [0.29, 0.717) is 26.7 Å². The van der Waals surface area contributed by atoms with Gasteiger partial charge in [-0.25, -0.2) is 0 Å². The van der Waals surface area contributed by atoms with E-state index in [4.69, 9.17) is 9.47 Å². The number of unbranched alkanes of at least 4 members (excludes halogenated alkanes) is 14. The van der Waals surface area contributed by atoms with Crippen LogP contribution in [0, 0.1) is 0 Å². The van der Waals surface area contributed by atoms with Gasteiger partial charge in [-0.15, -0.1) is 0 Å². The van der Waals surface area contributed by atoms with Crippen LogP contribution in [0.1, 0.15) is 154 Å². The van der Waals surface area contributed by atoms with Crippen molar-refractivity contribution in [3.8, 4) is 11.1 Å². The summed E-state index contributed by atoms with van der Waals surface area (Å²) in [5.74, 6) is 0. The number of ether oxygens (including phenoxy) is 2. The van der Waals surface area contributed by atoms with E-state index in [-0.39, 0.29) is 0 Å². The van der Waals surface area contributed by atoms with Crippen LogP contribution in [0.3, 0.4) is 0 Å². The Labute approximate surface area is 285 Å². The van der Waals surface area contributed by atoms with Gasteiger partial charge in [-0.3, -0.25) is 9.80 Å². The molecule has 0 heterocycles. The molecule has 4 heteroatoms. The van der Waals surface area contributed by atoms with Crippen LogP contribution in [0.4, 0.5) is 0 Å². The third-order valence-corrected chi connectivity index (χ3v) is 9.20. The monoisotopic (exact) mass is 637 g/mol. The fraction of sp³-hybridized carbons (Fsp3) is 0.714. The quantitative estimate of drug-likeness (QED) is 0.0607. The highest BCUT2D eigenvalue weighted by molar-refractivity contribution is 5.70. The van der Waals surface area contributed by atoms with Gasteiger partial charge in [0.2, 0.25) is 0 Å². The van der Waals surface area contributed by atoms with E-state index in [9.17, 15) is 0 Å². The highest BCUT2D eigenvalue weighted by atomic mass is 16.5. The van der Waals surface area contributed by atoms with E-state index in [0.717, 1.165) is 26.2 Å². The molecule has 0 aromatic heterocycles. The first-order valence-corrected chi connectivity index (χ1v) is 19.5. The minimum atomic E-state index is 0.635. The molecular formula is C42H72N2O2. The van der Waals surface area contributed by atoms with E-state index < -0.39 is 0 Å². The maximum absolute atomic E-state index is 6.43. The maximum Gasteiger partial charge on any atom is 0.0994 e. The van der Waals surface area contributed by atoms with Gasteiger partial charge < -0.3 is 9.47 Å². The molecule has 2 rings (SSSR count). The predicted octanol–water partition coefficient (Wildman–Crippen LogP) is 12.0. The van der Waals surface area contributed by atoms with Crippen LogP contribution < -0.4 is 0 Å². The van der Waals surface area contributed by atoms with E-state index in [1.54, 1.807) is 0 Å². The summed E-state index contributed by atoms with van der Waals surface area (Å²) >= 11 is 0. The highest BCUT2D eigenvalue weighted by Crippen LogP contribution is 2.28. The Morgan fingerprint density at radius 2 is 0.696 bits per heavy atom. The zero-order valence-electron chi connectivity index (χ0n) is 30.7. The SMILES string of the molecule is CCCCCCCCN(CCCCC)COCc1ccccc1-c1ccccc1COCN(CCCCC)CCCCCCCC. The lowest BCUT2D eigenvalue weighted by molar-refractivity contribution is 0.0165. The molecule has 46 heavy (non-hydrogen) atoms. The lowest BCUT2D eigenvalue weighted by atomic mass is 9.96. The van der Waals surface area contributed by atoms with Gasteiger partial charge >= 0.3 is 0 Å². The molecule has 0 spiro atoms. The van der Waals surface area contributed by atoms with Crippen molar-refractivity contribution in [3.05, 3.63) is 59.7 Å². The molecular weight excluding hydrogens is 564 g/mol. The molecule has 2 aromatic carbocycles. The Morgan fingerprint density at radius 3 is 1.09 bits per heavy atom. The molecule has 0 fully saturated rings. The maximum atomic E-state index is 6.43. The molecule has 2 aromatic rings. The van der Waals surface area contributed by atoms with Gasteiger partial charge in [-0.05, 0) is 47.9 Å². The van der Waals surface area contributed by atoms with Gasteiger partial charge in [0.15, 0.2) is 0 Å². The second kappa shape index (κ2) is 28.3. The van der Waals surface area contributed by atoms with Gasteiger partial charge in [0.1, 0.15) is 0 Å². The molecule has 0 saturated heterocycles. The first-order valence-electron chi connectivity index (χ1n) is 19.5. The van der Waals surface area contributed by atoms with Crippen LogP contribution in [-0.2, 0) is 22.7 Å². The van der Waals surface area contributed by atoms with Crippen LogP contribution in [0.2, 0.25) is 0 Å². The van der Waals surface area contributed by atoms with E-state index in [1.807, 2.05) is 0 Å². The van der Waals surface area contributed by atoms with Gasteiger partial charge in [0, 0.05) is 26.2 Å². The van der Waals surface area contributed by atoms with Crippen LogP contribution in [0.5, 0.6) is 0 Å². The Bertz CT molecular complexity index is 887. The number of rotatable bonds is 31. The molecule has 0 unspecified atom stereocenters. The zero-order valence-corrected chi connectivity index (χ0v) is 30.7. The van der Waals surface area contributed by atoms with Crippen molar-refractivity contribution in [1.29, 1.82) is 0 Å². The molecule has 0 N–H and O–H groups in total. The second-order valence-corrected chi connectivity index (χ2v) is 13.5. The van der Waals surface area contributed by atoms with E-state index in [2.05, 4.69) is 86.0 Å². The lowest BCUT2D eigenvalue weighted by Gasteiger charge is -2.23. The van der Waals surface area contributed by atoms with Crippen LogP contribution in [0.15, 0.2) is 48.5 Å². The summed E-state index contributed by atoms with van der Waals surface area (Å²) in [4.78, 5) is 5.08. The van der Waals surface area contributed by atoms with Crippen molar-refractivity contribution in [2.45, 2.75) is 156 Å². The van der Waals surface area contributed by atoms with Crippen molar-refractivity contribution in [2.75, 3.05) is 39.6 Å². The summed E-state index contributed by atoms with van der Waals surface area (Å²) in [5.41, 5.74) is 5.05. The van der Waals surface area contributed by atoms with Crippen LogP contribution >= 0.6 is 0 Å². The summed E-state index contributed by atoms with van der Waals surface area (Å²) in [6.45, 7) is 16.4.